The summed E-state index contributed by atoms with van der Waals surface area (Å²) < 4.78 is 0. The highest BCUT2D eigenvalue weighted by Gasteiger charge is 2.14. The summed E-state index contributed by atoms with van der Waals surface area (Å²) in [6.45, 7) is 3.27. The highest BCUT2D eigenvalue weighted by atomic mass is 32.1. The van der Waals surface area contributed by atoms with Crippen LogP contribution in [-0.4, -0.2) is 21.8 Å². The zero-order chi connectivity index (χ0) is 14.5. The van der Waals surface area contributed by atoms with Crippen molar-refractivity contribution in [1.82, 2.24) is 15.3 Å². The van der Waals surface area contributed by atoms with Gasteiger partial charge in [-0.05, 0) is 18.6 Å². The topological polar surface area (TPSA) is 84.0 Å². The van der Waals surface area contributed by atoms with Crippen LogP contribution < -0.4 is 10.6 Å². The second-order valence-corrected chi connectivity index (χ2v) is 5.06. The van der Waals surface area contributed by atoms with Gasteiger partial charge in [0.05, 0.1) is 6.04 Å². The Morgan fingerprint density at radius 1 is 1.40 bits per heavy atom. The number of rotatable bonds is 4. The summed E-state index contributed by atoms with van der Waals surface area (Å²) in [5.74, 6) is -0.496. The maximum atomic E-state index is 12.0. The molecule has 0 aliphatic carbocycles. The van der Waals surface area contributed by atoms with Crippen molar-refractivity contribution in [1.29, 1.82) is 0 Å². The molecule has 2 amide bonds. The van der Waals surface area contributed by atoms with Crippen molar-refractivity contribution in [2.45, 2.75) is 19.9 Å². The molecule has 0 aromatic carbocycles. The number of pyridine rings is 1. The Kier molecular flexibility index (Phi) is 4.41. The van der Waals surface area contributed by atoms with Crippen LogP contribution in [0.25, 0.3) is 0 Å². The number of carbonyl (C=O) groups excluding carboxylic acids is 2. The molecule has 0 bridgehead atoms. The molecule has 1 atom stereocenters. The van der Waals surface area contributed by atoms with Crippen LogP contribution in [-0.2, 0) is 4.79 Å². The van der Waals surface area contributed by atoms with Gasteiger partial charge in [-0.25, -0.2) is 4.98 Å². The monoisotopic (exact) mass is 290 g/mol. The summed E-state index contributed by atoms with van der Waals surface area (Å²) >= 11 is 1.21. The maximum Gasteiger partial charge on any atom is 0.271 e. The molecule has 2 rings (SSSR count). The average molecular weight is 290 g/mol. The Morgan fingerprint density at radius 2 is 2.20 bits per heavy atom. The Bertz CT molecular complexity index is 612. The van der Waals surface area contributed by atoms with Crippen LogP contribution in [0.3, 0.4) is 0 Å². The number of hydrogen-bond acceptors (Lipinski definition) is 5. The quantitative estimate of drug-likeness (QED) is 0.902. The second-order valence-electron chi connectivity index (χ2n) is 4.20. The first-order valence-corrected chi connectivity index (χ1v) is 6.88. The Labute approximate surface area is 120 Å². The molecule has 2 aromatic heterocycles. The summed E-state index contributed by atoms with van der Waals surface area (Å²) in [5, 5.41) is 7.40. The fourth-order valence-electron chi connectivity index (χ4n) is 1.57. The van der Waals surface area contributed by atoms with E-state index in [1.165, 1.54) is 18.3 Å². The first kappa shape index (κ1) is 14.1. The summed E-state index contributed by atoms with van der Waals surface area (Å²) in [6, 6.07) is 3.54. The maximum absolute atomic E-state index is 12.0. The lowest BCUT2D eigenvalue weighted by molar-refractivity contribution is -0.114. The van der Waals surface area contributed by atoms with Crippen LogP contribution in [0.2, 0.25) is 0 Å². The van der Waals surface area contributed by atoms with Crippen molar-refractivity contribution in [3.8, 4) is 0 Å². The fraction of sp³-hybridized carbons (Fsp3) is 0.231. The highest BCUT2D eigenvalue weighted by Crippen LogP contribution is 2.16. The van der Waals surface area contributed by atoms with E-state index in [0.717, 1.165) is 5.56 Å². The van der Waals surface area contributed by atoms with Crippen molar-refractivity contribution >= 4 is 28.3 Å². The fourth-order valence-corrected chi connectivity index (χ4v) is 2.31. The lowest BCUT2D eigenvalue weighted by Crippen LogP contribution is -2.27. The number of hydrogen-bond donors (Lipinski definition) is 2. The van der Waals surface area contributed by atoms with E-state index in [9.17, 15) is 9.59 Å². The van der Waals surface area contributed by atoms with Gasteiger partial charge in [0.1, 0.15) is 5.69 Å². The molecule has 2 aromatic rings. The molecule has 7 heteroatoms. The van der Waals surface area contributed by atoms with Gasteiger partial charge >= 0.3 is 0 Å². The predicted octanol–water partition coefficient (Wildman–Crippen LogP) is 1.99. The normalized spacial score (nSPS) is 11.7. The van der Waals surface area contributed by atoms with E-state index in [2.05, 4.69) is 20.6 Å². The Hall–Kier alpha value is -2.28. The largest absolute Gasteiger partial charge is 0.344 e. The number of carbonyl (C=O) groups is 2. The molecule has 0 radical (unpaired) electrons. The first-order chi connectivity index (χ1) is 9.56. The molecule has 0 fully saturated rings. The summed E-state index contributed by atoms with van der Waals surface area (Å²) in [4.78, 5) is 31.0. The number of anilines is 1. The standard InChI is InChI=1S/C13H14N4O2S/c1-8(10-4-3-5-14-6-10)15-12(19)11-7-20-13(17-11)16-9(2)18/h3-8H,1-2H3,(H,15,19)(H,16,17,18)/t8-/m0/s1. The molecule has 0 saturated carbocycles. The van der Waals surface area contributed by atoms with Crippen molar-refractivity contribution in [2.75, 3.05) is 5.32 Å². The van der Waals surface area contributed by atoms with Gasteiger partial charge in [0.15, 0.2) is 5.13 Å². The van der Waals surface area contributed by atoms with Crippen LogP contribution in [0.15, 0.2) is 29.9 Å². The number of nitrogens with one attached hydrogen (secondary N) is 2. The van der Waals surface area contributed by atoms with Gasteiger partial charge in [0.25, 0.3) is 5.91 Å². The predicted molar refractivity (Wildman–Crippen MR) is 76.5 cm³/mol. The third kappa shape index (κ3) is 3.61. The lowest BCUT2D eigenvalue weighted by atomic mass is 10.1. The third-order valence-electron chi connectivity index (χ3n) is 2.55. The molecule has 2 heterocycles. The van der Waals surface area contributed by atoms with E-state index >= 15 is 0 Å². The summed E-state index contributed by atoms with van der Waals surface area (Å²) in [6.07, 6.45) is 3.38. The Balaban J connectivity index is 2.01. The van der Waals surface area contributed by atoms with Crippen LogP contribution in [0, 0.1) is 0 Å². The lowest BCUT2D eigenvalue weighted by Gasteiger charge is -2.12. The minimum atomic E-state index is -0.283. The van der Waals surface area contributed by atoms with E-state index < -0.39 is 0 Å². The molecular weight excluding hydrogens is 276 g/mol. The van der Waals surface area contributed by atoms with Crippen molar-refractivity contribution in [2.24, 2.45) is 0 Å². The molecular formula is C13H14N4O2S. The highest BCUT2D eigenvalue weighted by molar-refractivity contribution is 7.14. The van der Waals surface area contributed by atoms with Gasteiger partial charge in [-0.2, -0.15) is 0 Å². The van der Waals surface area contributed by atoms with Gasteiger partial charge in [0.2, 0.25) is 5.91 Å². The molecule has 0 aliphatic rings. The SMILES string of the molecule is CC(=O)Nc1nc(C(=O)N[C@@H](C)c2cccnc2)cs1. The zero-order valence-corrected chi connectivity index (χ0v) is 11.9. The van der Waals surface area contributed by atoms with Gasteiger partial charge in [-0.15, -0.1) is 11.3 Å². The van der Waals surface area contributed by atoms with Gasteiger partial charge < -0.3 is 10.6 Å². The summed E-state index contributed by atoms with van der Waals surface area (Å²) in [5.41, 5.74) is 1.20. The number of thiazole rings is 1. The van der Waals surface area contributed by atoms with Crippen molar-refractivity contribution in [3.05, 3.63) is 41.2 Å². The van der Waals surface area contributed by atoms with E-state index in [-0.39, 0.29) is 23.6 Å². The second kappa shape index (κ2) is 6.25. The van der Waals surface area contributed by atoms with Crippen LogP contribution in [0.5, 0.6) is 0 Å². The molecule has 6 nitrogen and oxygen atoms in total. The minimum Gasteiger partial charge on any atom is -0.344 e. The van der Waals surface area contributed by atoms with E-state index in [1.54, 1.807) is 17.8 Å². The van der Waals surface area contributed by atoms with Crippen molar-refractivity contribution in [3.63, 3.8) is 0 Å². The molecule has 0 saturated heterocycles. The number of nitrogens with zero attached hydrogens (tertiary/aromatic N) is 2. The van der Waals surface area contributed by atoms with E-state index in [0.29, 0.717) is 5.13 Å². The number of amides is 2. The summed E-state index contributed by atoms with van der Waals surface area (Å²) in [7, 11) is 0. The zero-order valence-electron chi connectivity index (χ0n) is 11.1. The van der Waals surface area contributed by atoms with Gasteiger partial charge in [-0.3, -0.25) is 14.6 Å². The van der Waals surface area contributed by atoms with E-state index in [4.69, 9.17) is 0 Å². The molecule has 0 unspecified atom stereocenters. The molecule has 2 N–H and O–H groups in total. The Morgan fingerprint density at radius 3 is 2.85 bits per heavy atom. The molecule has 0 aliphatic heterocycles. The minimum absolute atomic E-state index is 0.165. The molecule has 0 spiro atoms. The molecule has 20 heavy (non-hydrogen) atoms. The van der Waals surface area contributed by atoms with Crippen LogP contribution in [0.1, 0.15) is 35.9 Å². The number of aromatic nitrogens is 2. The van der Waals surface area contributed by atoms with Crippen LogP contribution in [0.4, 0.5) is 5.13 Å². The van der Waals surface area contributed by atoms with Gasteiger partial charge in [-0.1, -0.05) is 6.07 Å². The van der Waals surface area contributed by atoms with Crippen LogP contribution >= 0.6 is 11.3 Å². The third-order valence-corrected chi connectivity index (χ3v) is 3.31. The average Bonchev–Trinajstić information content (AvgIpc) is 2.87. The van der Waals surface area contributed by atoms with Gasteiger partial charge in [0, 0.05) is 24.7 Å². The van der Waals surface area contributed by atoms with Crippen molar-refractivity contribution < 1.29 is 9.59 Å². The van der Waals surface area contributed by atoms with E-state index in [1.807, 2.05) is 19.1 Å². The first-order valence-electron chi connectivity index (χ1n) is 6.00. The molecule has 104 valence electrons. The smallest absolute Gasteiger partial charge is 0.271 e.